The van der Waals surface area contributed by atoms with Gasteiger partial charge in [-0.2, -0.15) is 5.21 Å². The highest BCUT2D eigenvalue weighted by molar-refractivity contribution is 7.18. The number of fused-ring (bicyclic) bond motifs is 2. The number of hydrogen-bond acceptors (Lipinski definition) is 7. The molecule has 0 aliphatic heterocycles. The van der Waals surface area contributed by atoms with Crippen molar-refractivity contribution in [3.63, 3.8) is 0 Å². The molecule has 9 nitrogen and oxygen atoms in total. The molecule has 4 aromatic carbocycles. The average Bonchev–Trinajstić information content (AvgIpc) is 3.86. The number of halogens is 2. The van der Waals surface area contributed by atoms with E-state index in [-0.39, 0.29) is 5.91 Å². The number of ether oxygens (including phenoxy) is 1. The molecule has 1 amide bonds. The van der Waals surface area contributed by atoms with Crippen LogP contribution in [-0.4, -0.2) is 43.2 Å². The third-order valence-corrected chi connectivity index (χ3v) is 10.3. The van der Waals surface area contributed by atoms with E-state index in [0.29, 0.717) is 40.9 Å². The zero-order chi connectivity index (χ0) is 33.7. The van der Waals surface area contributed by atoms with E-state index in [4.69, 9.17) is 32.9 Å². The van der Waals surface area contributed by atoms with Crippen molar-refractivity contribution in [2.45, 2.75) is 45.2 Å². The van der Waals surface area contributed by atoms with Crippen molar-refractivity contribution < 1.29 is 9.53 Å². The lowest BCUT2D eigenvalue weighted by molar-refractivity contribution is 0.0951. The standard InChI is InChI=1S/C37H33Cl2N7O2S/c1-48-28-12-16-34-31(21-28)41-36(49-34)17-15-32-29(13-6-23-2-8-26(38)9-3-23)30-20-25(37(47)40-22-24-4-10-27(39)11-5-24)7-14-33(30)46(32)19-18-35-42-44-45-43-35/h2-5,7-12,14,16,20-21H,6,13,15,17-19,22H2,1H3,(H,40,47)(H,42,43,44,45). The Bertz CT molecular complexity index is 2210. The van der Waals surface area contributed by atoms with Gasteiger partial charge in [0.2, 0.25) is 0 Å². The molecule has 7 aromatic rings. The maximum Gasteiger partial charge on any atom is 0.251 e. The summed E-state index contributed by atoms with van der Waals surface area (Å²) in [6.45, 7) is 1.06. The summed E-state index contributed by atoms with van der Waals surface area (Å²) < 4.78 is 8.91. The first-order valence-electron chi connectivity index (χ1n) is 16.0. The molecule has 3 heterocycles. The van der Waals surface area contributed by atoms with Crippen molar-refractivity contribution in [3.8, 4) is 5.75 Å². The Labute approximate surface area is 297 Å². The number of H-pyrrole nitrogens is 1. The van der Waals surface area contributed by atoms with Crippen LogP contribution in [0.3, 0.4) is 0 Å². The largest absolute Gasteiger partial charge is 0.497 e. The Hall–Kier alpha value is -4.77. The van der Waals surface area contributed by atoms with Gasteiger partial charge in [-0.25, -0.2) is 4.98 Å². The van der Waals surface area contributed by atoms with Crippen molar-refractivity contribution >= 4 is 61.6 Å². The number of rotatable bonds is 13. The fraction of sp³-hybridized carbons (Fsp3) is 0.216. The van der Waals surface area contributed by atoms with Crippen LogP contribution in [0.5, 0.6) is 5.75 Å². The number of thiazole rings is 1. The SMILES string of the molecule is COc1ccc2sc(CCc3c(CCc4ccc(Cl)cc4)c4cc(C(=O)NCc5ccc(Cl)cc5)ccc4n3CCc3nn[nH]n3)nc2c1. The summed E-state index contributed by atoms with van der Waals surface area (Å²) in [5.41, 5.74) is 7.21. The van der Waals surface area contributed by atoms with Crippen molar-refractivity contribution in [2.24, 2.45) is 0 Å². The molecule has 7 rings (SSSR count). The second-order valence-electron chi connectivity index (χ2n) is 11.8. The number of tetrazole rings is 1. The van der Waals surface area contributed by atoms with E-state index in [0.717, 1.165) is 63.1 Å². The van der Waals surface area contributed by atoms with Gasteiger partial charge >= 0.3 is 0 Å². The number of carbonyl (C=O) groups is 1. The molecule has 2 N–H and O–H groups in total. The van der Waals surface area contributed by atoms with E-state index >= 15 is 0 Å². The maximum atomic E-state index is 13.5. The van der Waals surface area contributed by atoms with Crippen LogP contribution in [-0.2, 0) is 45.2 Å². The summed E-state index contributed by atoms with van der Waals surface area (Å²) in [6, 6.07) is 27.5. The molecule has 12 heteroatoms. The van der Waals surface area contributed by atoms with Crippen molar-refractivity contribution in [1.29, 1.82) is 0 Å². The molecule has 0 spiro atoms. The van der Waals surface area contributed by atoms with Crippen molar-refractivity contribution in [2.75, 3.05) is 7.11 Å². The lowest BCUT2D eigenvalue weighted by Gasteiger charge is -2.12. The average molecular weight is 711 g/mol. The summed E-state index contributed by atoms with van der Waals surface area (Å²) in [4.78, 5) is 18.4. The molecule has 0 atom stereocenters. The highest BCUT2D eigenvalue weighted by atomic mass is 35.5. The molecule has 0 saturated carbocycles. The highest BCUT2D eigenvalue weighted by Crippen LogP contribution is 2.32. The monoisotopic (exact) mass is 709 g/mol. The Morgan fingerprint density at radius 1 is 0.878 bits per heavy atom. The number of aromatic amines is 1. The summed E-state index contributed by atoms with van der Waals surface area (Å²) in [6.07, 6.45) is 3.75. The van der Waals surface area contributed by atoms with Crippen LogP contribution in [0.1, 0.15) is 43.6 Å². The number of methoxy groups -OCH3 is 1. The van der Waals surface area contributed by atoms with Gasteiger partial charge in [-0.1, -0.05) is 52.7 Å². The number of aromatic nitrogens is 6. The molecule has 0 fully saturated rings. The van der Waals surface area contributed by atoms with Gasteiger partial charge in [-0.05, 0) is 90.6 Å². The third-order valence-electron chi connectivity index (χ3n) is 8.66. The predicted octanol–water partition coefficient (Wildman–Crippen LogP) is 7.82. The zero-order valence-electron chi connectivity index (χ0n) is 26.7. The molecule has 0 unspecified atom stereocenters. The number of aryl methyl sites for hydroxylation is 5. The molecule has 248 valence electrons. The van der Waals surface area contributed by atoms with Crippen LogP contribution in [0.4, 0.5) is 0 Å². The van der Waals surface area contributed by atoms with Gasteiger partial charge in [0.25, 0.3) is 5.91 Å². The van der Waals surface area contributed by atoms with Gasteiger partial charge in [0.05, 0.1) is 22.3 Å². The summed E-state index contributed by atoms with van der Waals surface area (Å²) in [5.74, 6) is 1.31. The van der Waals surface area contributed by atoms with Crippen LogP contribution in [0, 0.1) is 0 Å². The molecule has 0 aliphatic rings. The van der Waals surface area contributed by atoms with E-state index < -0.39 is 0 Å². The second-order valence-corrected chi connectivity index (χ2v) is 13.8. The molecular formula is C37H33Cl2N7O2S. The minimum absolute atomic E-state index is 0.133. The van der Waals surface area contributed by atoms with Crippen LogP contribution in [0.25, 0.3) is 21.1 Å². The normalized spacial score (nSPS) is 11.4. The van der Waals surface area contributed by atoms with Crippen LogP contribution in [0.15, 0.2) is 84.9 Å². The van der Waals surface area contributed by atoms with Gasteiger partial charge < -0.3 is 14.6 Å². The first-order chi connectivity index (χ1) is 23.9. The second kappa shape index (κ2) is 14.8. The molecule has 0 aliphatic carbocycles. The van der Waals surface area contributed by atoms with Crippen molar-refractivity contribution in [3.05, 3.63) is 134 Å². The van der Waals surface area contributed by atoms with Gasteiger partial charge in [-0.15, -0.1) is 21.5 Å². The van der Waals surface area contributed by atoms with Crippen LogP contribution < -0.4 is 10.1 Å². The summed E-state index contributed by atoms with van der Waals surface area (Å²) in [7, 11) is 1.67. The summed E-state index contributed by atoms with van der Waals surface area (Å²) in [5, 5.41) is 21.3. The smallest absolute Gasteiger partial charge is 0.251 e. The molecule has 0 bridgehead atoms. The number of nitrogens with zero attached hydrogens (tertiary/aromatic N) is 5. The number of amides is 1. The molecule has 49 heavy (non-hydrogen) atoms. The zero-order valence-corrected chi connectivity index (χ0v) is 29.1. The maximum absolute atomic E-state index is 13.5. The minimum Gasteiger partial charge on any atom is -0.497 e. The quantitative estimate of drug-likeness (QED) is 0.126. The molecule has 0 radical (unpaired) electrons. The number of benzene rings is 4. The fourth-order valence-corrected chi connectivity index (χ4v) is 7.36. The van der Waals surface area contributed by atoms with Crippen LogP contribution >= 0.6 is 34.5 Å². The van der Waals surface area contributed by atoms with Gasteiger partial charge in [0.15, 0.2) is 5.82 Å². The van der Waals surface area contributed by atoms with Crippen LogP contribution in [0.2, 0.25) is 10.0 Å². The number of carbonyl (C=O) groups excluding carboxylic acids is 1. The van der Waals surface area contributed by atoms with E-state index in [2.05, 4.69) is 54.8 Å². The van der Waals surface area contributed by atoms with Gasteiger partial charge in [0, 0.05) is 64.2 Å². The van der Waals surface area contributed by atoms with E-state index in [9.17, 15) is 4.79 Å². The lowest BCUT2D eigenvalue weighted by atomic mass is 9.99. The topological polar surface area (TPSA) is 111 Å². The molecule has 3 aromatic heterocycles. The Morgan fingerprint density at radius 2 is 1.65 bits per heavy atom. The Kier molecular flexibility index (Phi) is 9.88. The highest BCUT2D eigenvalue weighted by Gasteiger charge is 2.20. The minimum atomic E-state index is -0.133. The van der Waals surface area contributed by atoms with E-state index in [1.807, 2.05) is 60.7 Å². The first-order valence-corrected chi connectivity index (χ1v) is 17.6. The van der Waals surface area contributed by atoms with Crippen molar-refractivity contribution in [1.82, 2.24) is 35.5 Å². The molecule has 0 saturated heterocycles. The predicted molar refractivity (Wildman–Crippen MR) is 195 cm³/mol. The first kappa shape index (κ1) is 32.8. The molecular weight excluding hydrogens is 677 g/mol. The van der Waals surface area contributed by atoms with E-state index in [1.54, 1.807) is 18.4 Å². The third kappa shape index (κ3) is 7.62. The Balaban J connectivity index is 1.25. The fourth-order valence-electron chi connectivity index (χ4n) is 6.16. The number of nitrogens with one attached hydrogen (secondary N) is 2. The number of hydrogen-bond donors (Lipinski definition) is 2. The van der Waals surface area contributed by atoms with Gasteiger partial charge in [-0.3, -0.25) is 4.79 Å². The van der Waals surface area contributed by atoms with Gasteiger partial charge in [0.1, 0.15) is 5.75 Å². The van der Waals surface area contributed by atoms with E-state index in [1.165, 1.54) is 16.8 Å². The lowest BCUT2D eigenvalue weighted by Crippen LogP contribution is -2.22. The Morgan fingerprint density at radius 3 is 2.39 bits per heavy atom. The summed E-state index contributed by atoms with van der Waals surface area (Å²) >= 11 is 14.0.